The number of fused-ring (bicyclic) bond motifs is 1. The van der Waals surface area contributed by atoms with E-state index >= 15 is 0 Å². The van der Waals surface area contributed by atoms with Crippen molar-refractivity contribution in [3.8, 4) is 5.75 Å². The fraction of sp³-hybridized carbons (Fsp3) is 0.167. The number of hydrogen-bond donors (Lipinski definition) is 0. The van der Waals surface area contributed by atoms with E-state index in [1.165, 1.54) is 26.0 Å². The Morgan fingerprint density at radius 1 is 1.00 bits per heavy atom. The summed E-state index contributed by atoms with van der Waals surface area (Å²) in [6, 6.07) is 12.8. The first-order chi connectivity index (χ1) is 11.8. The van der Waals surface area contributed by atoms with Crippen LogP contribution in [0, 0.1) is 0 Å². The van der Waals surface area contributed by atoms with Crippen LogP contribution in [-0.4, -0.2) is 28.4 Å². The van der Waals surface area contributed by atoms with Gasteiger partial charge in [-0.1, -0.05) is 34.9 Å². The van der Waals surface area contributed by atoms with E-state index in [-0.39, 0.29) is 11.1 Å². The van der Waals surface area contributed by atoms with Crippen molar-refractivity contribution >= 4 is 29.4 Å². The van der Waals surface area contributed by atoms with Crippen molar-refractivity contribution < 1.29 is 24.0 Å². The summed E-state index contributed by atoms with van der Waals surface area (Å²) < 4.78 is 5.59. The van der Waals surface area contributed by atoms with E-state index in [9.17, 15) is 14.4 Å². The quantitative estimate of drug-likeness (QED) is 0.783. The first-order valence-corrected chi connectivity index (χ1v) is 7.82. The molecule has 0 aliphatic carbocycles. The van der Waals surface area contributed by atoms with Gasteiger partial charge in [-0.05, 0) is 44.2 Å². The van der Waals surface area contributed by atoms with Crippen molar-refractivity contribution in [2.45, 2.75) is 19.4 Å². The molecule has 0 bridgehead atoms. The van der Waals surface area contributed by atoms with Crippen LogP contribution in [0.25, 0.3) is 0 Å². The Labute approximate surface area is 148 Å². The van der Waals surface area contributed by atoms with Crippen molar-refractivity contribution in [2.75, 3.05) is 0 Å². The Bertz CT molecular complexity index is 842. The number of hydrogen-bond acceptors (Lipinski definition) is 5. The van der Waals surface area contributed by atoms with Crippen molar-refractivity contribution in [1.82, 2.24) is 5.06 Å². The van der Waals surface area contributed by atoms with Gasteiger partial charge >= 0.3 is 5.97 Å². The molecule has 0 unspecified atom stereocenters. The molecule has 2 aromatic carbocycles. The highest BCUT2D eigenvalue weighted by molar-refractivity contribution is 6.30. The molecule has 7 heteroatoms. The number of ether oxygens (including phenoxy) is 1. The lowest BCUT2D eigenvalue weighted by Gasteiger charge is -2.25. The molecule has 0 spiro atoms. The Kier molecular flexibility index (Phi) is 4.22. The molecule has 0 aromatic heterocycles. The second kappa shape index (κ2) is 6.22. The number of imide groups is 1. The van der Waals surface area contributed by atoms with Crippen LogP contribution in [0.2, 0.25) is 5.02 Å². The zero-order valence-corrected chi connectivity index (χ0v) is 14.2. The summed E-state index contributed by atoms with van der Waals surface area (Å²) in [6.07, 6.45) is 0. The Hall–Kier alpha value is -2.86. The summed E-state index contributed by atoms with van der Waals surface area (Å²) in [5, 5.41) is 0.901. The summed E-state index contributed by atoms with van der Waals surface area (Å²) >= 11 is 5.89. The largest absolute Gasteiger partial charge is 0.476 e. The van der Waals surface area contributed by atoms with E-state index in [1.54, 1.807) is 36.4 Å². The highest BCUT2D eigenvalue weighted by atomic mass is 35.5. The van der Waals surface area contributed by atoms with Crippen LogP contribution in [0.15, 0.2) is 48.5 Å². The van der Waals surface area contributed by atoms with E-state index in [4.69, 9.17) is 21.2 Å². The highest BCUT2D eigenvalue weighted by Gasteiger charge is 2.42. The smallest absolute Gasteiger partial charge is 0.375 e. The molecular formula is C18H14ClNO5. The minimum atomic E-state index is -1.44. The summed E-state index contributed by atoms with van der Waals surface area (Å²) in [7, 11) is 0. The first kappa shape index (κ1) is 17.0. The van der Waals surface area contributed by atoms with Crippen molar-refractivity contribution in [1.29, 1.82) is 0 Å². The SMILES string of the molecule is CC(C)(Oc1cccc(Cl)c1)C(=O)ON1C(=O)c2ccccc2C1=O. The number of rotatable bonds is 4. The highest BCUT2D eigenvalue weighted by Crippen LogP contribution is 2.26. The fourth-order valence-electron chi connectivity index (χ4n) is 2.31. The summed E-state index contributed by atoms with van der Waals surface area (Å²) in [6.45, 7) is 2.93. The molecule has 2 aromatic rings. The number of benzene rings is 2. The topological polar surface area (TPSA) is 72.9 Å². The zero-order chi connectivity index (χ0) is 18.2. The molecule has 0 N–H and O–H groups in total. The van der Waals surface area contributed by atoms with Crippen LogP contribution in [0.4, 0.5) is 0 Å². The molecule has 1 heterocycles. The molecule has 6 nitrogen and oxygen atoms in total. The molecule has 1 aliphatic rings. The third kappa shape index (κ3) is 3.21. The molecule has 0 radical (unpaired) electrons. The lowest BCUT2D eigenvalue weighted by molar-refractivity contribution is -0.184. The molecule has 3 rings (SSSR count). The lowest BCUT2D eigenvalue weighted by atomic mass is 10.1. The molecule has 1 aliphatic heterocycles. The third-order valence-corrected chi connectivity index (χ3v) is 3.83. The van der Waals surface area contributed by atoms with E-state index in [0.717, 1.165) is 0 Å². The number of amides is 2. The maximum absolute atomic E-state index is 12.4. The fourth-order valence-corrected chi connectivity index (χ4v) is 2.49. The van der Waals surface area contributed by atoms with Gasteiger partial charge in [0.15, 0.2) is 0 Å². The molecular weight excluding hydrogens is 346 g/mol. The van der Waals surface area contributed by atoms with Crippen LogP contribution in [-0.2, 0) is 9.63 Å². The number of carbonyl (C=O) groups is 3. The zero-order valence-electron chi connectivity index (χ0n) is 13.5. The molecule has 128 valence electrons. The van der Waals surface area contributed by atoms with Gasteiger partial charge in [0.25, 0.3) is 11.8 Å². The average Bonchev–Trinajstić information content (AvgIpc) is 2.80. The standard InChI is InChI=1S/C18H14ClNO5/c1-18(2,24-12-7-5-6-11(19)10-12)17(23)25-20-15(21)13-8-3-4-9-14(13)16(20)22/h3-10H,1-2H3. The number of hydroxylamine groups is 2. The normalized spacial score (nSPS) is 13.6. The van der Waals surface area contributed by atoms with Crippen LogP contribution in [0.5, 0.6) is 5.75 Å². The predicted octanol–water partition coefficient (Wildman–Crippen LogP) is 3.25. The third-order valence-electron chi connectivity index (χ3n) is 3.59. The van der Waals surface area contributed by atoms with Gasteiger partial charge in [-0.25, -0.2) is 4.79 Å². The van der Waals surface area contributed by atoms with Gasteiger partial charge in [0, 0.05) is 5.02 Å². The summed E-state index contributed by atoms with van der Waals surface area (Å²) in [4.78, 5) is 41.9. The monoisotopic (exact) mass is 359 g/mol. The van der Waals surface area contributed by atoms with E-state index < -0.39 is 23.4 Å². The van der Waals surface area contributed by atoms with Gasteiger partial charge in [0.2, 0.25) is 5.60 Å². The predicted molar refractivity (Wildman–Crippen MR) is 89.2 cm³/mol. The maximum Gasteiger partial charge on any atom is 0.375 e. The number of carbonyl (C=O) groups excluding carboxylic acids is 3. The van der Waals surface area contributed by atoms with Gasteiger partial charge in [0.1, 0.15) is 5.75 Å². The Balaban J connectivity index is 1.76. The number of halogens is 1. The van der Waals surface area contributed by atoms with Crippen molar-refractivity contribution in [3.05, 3.63) is 64.7 Å². The van der Waals surface area contributed by atoms with E-state index in [0.29, 0.717) is 15.8 Å². The van der Waals surface area contributed by atoms with Crippen LogP contribution in [0.1, 0.15) is 34.6 Å². The minimum Gasteiger partial charge on any atom is -0.476 e. The van der Waals surface area contributed by atoms with Crippen LogP contribution in [0.3, 0.4) is 0 Å². The minimum absolute atomic E-state index is 0.189. The summed E-state index contributed by atoms with van der Waals surface area (Å²) in [5.41, 5.74) is -1.07. The van der Waals surface area contributed by atoms with Crippen LogP contribution >= 0.6 is 11.6 Å². The van der Waals surface area contributed by atoms with E-state index in [2.05, 4.69) is 0 Å². The van der Waals surface area contributed by atoms with Crippen LogP contribution < -0.4 is 4.74 Å². The van der Waals surface area contributed by atoms with Gasteiger partial charge in [-0.3, -0.25) is 9.59 Å². The maximum atomic E-state index is 12.4. The van der Waals surface area contributed by atoms with Gasteiger partial charge in [-0.15, -0.1) is 0 Å². The van der Waals surface area contributed by atoms with Crippen molar-refractivity contribution in [3.63, 3.8) is 0 Å². The molecule has 0 saturated heterocycles. The molecule has 2 amide bonds. The second-order valence-corrected chi connectivity index (χ2v) is 6.34. The second-order valence-electron chi connectivity index (χ2n) is 5.90. The Morgan fingerprint density at radius 2 is 1.60 bits per heavy atom. The van der Waals surface area contributed by atoms with Gasteiger partial charge in [-0.2, -0.15) is 0 Å². The molecule has 0 saturated carbocycles. The molecule has 0 fully saturated rings. The molecule has 25 heavy (non-hydrogen) atoms. The summed E-state index contributed by atoms with van der Waals surface area (Å²) in [5.74, 6) is -1.90. The Morgan fingerprint density at radius 3 is 2.16 bits per heavy atom. The first-order valence-electron chi connectivity index (χ1n) is 7.44. The van der Waals surface area contributed by atoms with Gasteiger partial charge in [0.05, 0.1) is 11.1 Å². The molecule has 0 atom stereocenters. The number of nitrogens with zero attached hydrogens (tertiary/aromatic N) is 1. The lowest BCUT2D eigenvalue weighted by Crippen LogP contribution is -2.45. The van der Waals surface area contributed by atoms with Gasteiger partial charge < -0.3 is 9.57 Å². The average molecular weight is 360 g/mol. The van der Waals surface area contributed by atoms with E-state index in [1.807, 2.05) is 0 Å². The van der Waals surface area contributed by atoms with Crippen molar-refractivity contribution in [2.24, 2.45) is 0 Å².